The summed E-state index contributed by atoms with van der Waals surface area (Å²) in [5.74, 6) is 0. The summed E-state index contributed by atoms with van der Waals surface area (Å²) in [6, 6.07) is 10.9. The molecule has 1 aromatic heterocycles. The minimum Gasteiger partial charge on any atom is -0.468 e. The minimum absolute atomic E-state index is 0.515. The highest BCUT2D eigenvalue weighted by molar-refractivity contribution is 5.76. The Morgan fingerprint density at radius 1 is 1.21 bits per heavy atom. The van der Waals surface area contributed by atoms with Gasteiger partial charge in [-0.25, -0.2) is 0 Å². The molecule has 4 rings (SSSR count). The number of nitrogens with zero attached hydrogens (tertiary/aromatic N) is 2. The topological polar surface area (TPSA) is 39.1 Å². The van der Waals surface area contributed by atoms with Crippen molar-refractivity contribution in [2.24, 2.45) is 0 Å². The van der Waals surface area contributed by atoms with Gasteiger partial charge in [-0.1, -0.05) is 12.1 Å². The van der Waals surface area contributed by atoms with Crippen LogP contribution in [0.4, 0.5) is 0 Å². The highest BCUT2D eigenvalue weighted by Gasteiger charge is 2.35. The predicted molar refractivity (Wildman–Crippen MR) is 74.5 cm³/mol. The molecule has 0 spiro atoms. The van der Waals surface area contributed by atoms with E-state index in [0.717, 1.165) is 11.5 Å². The summed E-state index contributed by atoms with van der Waals surface area (Å²) in [4.78, 5) is 4.60. The fourth-order valence-corrected chi connectivity index (χ4v) is 3.76. The van der Waals surface area contributed by atoms with Crippen LogP contribution in [0.25, 0.3) is 11.0 Å². The summed E-state index contributed by atoms with van der Waals surface area (Å²) in [5.41, 5.74) is 2.23. The molecular formula is C15H19N3O. The first-order chi connectivity index (χ1) is 9.35. The number of ether oxygens (including phenoxy) is 1. The zero-order chi connectivity index (χ0) is 12.8. The maximum atomic E-state index is 5.51. The quantitative estimate of drug-likeness (QED) is 0.898. The number of aromatic nitrogens is 2. The van der Waals surface area contributed by atoms with E-state index in [1.165, 1.54) is 31.2 Å². The van der Waals surface area contributed by atoms with Crippen molar-refractivity contribution in [3.63, 3.8) is 0 Å². The molecule has 2 fully saturated rings. The molecule has 2 aliphatic rings. The minimum atomic E-state index is 0.515. The highest BCUT2D eigenvalue weighted by atomic mass is 16.5. The van der Waals surface area contributed by atoms with Crippen LogP contribution in [0.15, 0.2) is 24.3 Å². The van der Waals surface area contributed by atoms with E-state index in [2.05, 4.69) is 33.1 Å². The molecule has 2 aromatic rings. The number of nitrogens with one attached hydrogen (secondary N) is 1. The van der Waals surface area contributed by atoms with Gasteiger partial charge in [-0.15, -0.1) is 0 Å². The summed E-state index contributed by atoms with van der Waals surface area (Å²) < 4.78 is 7.81. The van der Waals surface area contributed by atoms with Gasteiger partial charge in [0.2, 0.25) is 0 Å². The number of benzene rings is 1. The molecule has 1 aromatic carbocycles. The van der Waals surface area contributed by atoms with Crippen molar-refractivity contribution in [3.8, 4) is 6.01 Å². The Morgan fingerprint density at radius 2 is 1.95 bits per heavy atom. The molecule has 2 aliphatic heterocycles. The lowest BCUT2D eigenvalue weighted by molar-refractivity contribution is 0.270. The van der Waals surface area contributed by atoms with Crippen LogP contribution < -0.4 is 10.1 Å². The smallest absolute Gasteiger partial charge is 0.297 e. The van der Waals surface area contributed by atoms with Crippen LogP contribution in [0, 0.1) is 0 Å². The molecule has 19 heavy (non-hydrogen) atoms. The maximum Gasteiger partial charge on any atom is 0.297 e. The number of hydrogen-bond acceptors (Lipinski definition) is 3. The fraction of sp³-hybridized carbons (Fsp3) is 0.533. The van der Waals surface area contributed by atoms with E-state index in [9.17, 15) is 0 Å². The van der Waals surface area contributed by atoms with Crippen LogP contribution >= 0.6 is 0 Å². The van der Waals surface area contributed by atoms with Crippen LogP contribution in [-0.4, -0.2) is 28.7 Å². The standard InChI is InChI=1S/C15H19N3O/c1-19-15-17-13-4-2-3-5-14(13)18(15)12-8-10-6-7-11(9-12)16-10/h2-5,10-12,16H,6-9H2,1H3/t10-,11+,12?. The SMILES string of the molecule is COc1nc2ccccc2n1C1C[C@H]2CC[C@@H](C1)N2. The first-order valence-corrected chi connectivity index (χ1v) is 7.12. The largest absolute Gasteiger partial charge is 0.468 e. The maximum absolute atomic E-state index is 5.51. The molecule has 3 heterocycles. The Morgan fingerprint density at radius 3 is 2.68 bits per heavy atom. The fourth-order valence-electron chi connectivity index (χ4n) is 3.76. The second-order valence-corrected chi connectivity index (χ2v) is 5.72. The molecule has 4 heteroatoms. The molecule has 2 saturated heterocycles. The predicted octanol–water partition coefficient (Wildman–Crippen LogP) is 2.50. The Hall–Kier alpha value is -1.55. The first-order valence-electron chi connectivity index (χ1n) is 7.12. The summed E-state index contributed by atoms with van der Waals surface area (Å²) in [6.45, 7) is 0. The van der Waals surface area contributed by atoms with Crippen molar-refractivity contribution >= 4 is 11.0 Å². The van der Waals surface area contributed by atoms with Gasteiger partial charge in [-0.3, -0.25) is 4.57 Å². The number of methoxy groups -OCH3 is 1. The monoisotopic (exact) mass is 257 g/mol. The molecule has 0 amide bonds. The van der Waals surface area contributed by atoms with Crippen molar-refractivity contribution in [1.82, 2.24) is 14.9 Å². The zero-order valence-electron chi connectivity index (χ0n) is 11.2. The number of piperidine rings is 1. The van der Waals surface area contributed by atoms with E-state index in [1.54, 1.807) is 7.11 Å². The van der Waals surface area contributed by atoms with E-state index in [4.69, 9.17) is 4.74 Å². The molecule has 0 aliphatic carbocycles. The number of rotatable bonds is 2. The van der Waals surface area contributed by atoms with Gasteiger partial charge in [0.15, 0.2) is 0 Å². The van der Waals surface area contributed by atoms with Crippen molar-refractivity contribution < 1.29 is 4.74 Å². The third kappa shape index (κ3) is 1.74. The molecule has 0 saturated carbocycles. The van der Waals surface area contributed by atoms with Crippen LogP contribution in [0.1, 0.15) is 31.7 Å². The van der Waals surface area contributed by atoms with Gasteiger partial charge in [-0.2, -0.15) is 4.98 Å². The van der Waals surface area contributed by atoms with Gasteiger partial charge in [0.25, 0.3) is 6.01 Å². The van der Waals surface area contributed by atoms with Crippen LogP contribution in [0.2, 0.25) is 0 Å². The Bertz CT molecular complexity index is 594. The van der Waals surface area contributed by atoms with Gasteiger partial charge in [0.05, 0.1) is 18.1 Å². The van der Waals surface area contributed by atoms with Crippen molar-refractivity contribution in [2.45, 2.75) is 43.8 Å². The summed E-state index contributed by atoms with van der Waals surface area (Å²) in [5, 5.41) is 3.69. The number of fused-ring (bicyclic) bond motifs is 3. The van der Waals surface area contributed by atoms with Gasteiger partial charge in [0, 0.05) is 18.1 Å². The third-order valence-electron chi connectivity index (χ3n) is 4.56. The Balaban J connectivity index is 1.81. The molecule has 2 bridgehead atoms. The van der Waals surface area contributed by atoms with Gasteiger partial charge in [-0.05, 0) is 37.8 Å². The van der Waals surface area contributed by atoms with E-state index in [0.29, 0.717) is 18.1 Å². The van der Waals surface area contributed by atoms with Crippen LogP contribution in [0.3, 0.4) is 0 Å². The van der Waals surface area contributed by atoms with E-state index >= 15 is 0 Å². The summed E-state index contributed by atoms with van der Waals surface area (Å²) in [6.07, 6.45) is 5.01. The average molecular weight is 257 g/mol. The Labute approximate surface area is 112 Å². The van der Waals surface area contributed by atoms with Gasteiger partial charge >= 0.3 is 0 Å². The number of hydrogen-bond donors (Lipinski definition) is 1. The summed E-state index contributed by atoms with van der Waals surface area (Å²) in [7, 11) is 1.72. The average Bonchev–Trinajstić information content (AvgIpc) is 2.98. The number of imidazole rings is 1. The van der Waals surface area contributed by atoms with E-state index in [-0.39, 0.29) is 0 Å². The lowest BCUT2D eigenvalue weighted by Gasteiger charge is -2.30. The van der Waals surface area contributed by atoms with E-state index < -0.39 is 0 Å². The first kappa shape index (κ1) is 11.3. The van der Waals surface area contributed by atoms with Gasteiger partial charge < -0.3 is 10.1 Å². The van der Waals surface area contributed by atoms with Crippen molar-refractivity contribution in [1.29, 1.82) is 0 Å². The molecular weight excluding hydrogens is 238 g/mol. The number of para-hydroxylation sites is 2. The zero-order valence-corrected chi connectivity index (χ0v) is 11.2. The molecule has 3 atom stereocenters. The lowest BCUT2D eigenvalue weighted by atomic mass is 9.99. The molecule has 1 N–H and O–H groups in total. The van der Waals surface area contributed by atoms with Crippen molar-refractivity contribution in [3.05, 3.63) is 24.3 Å². The lowest BCUT2D eigenvalue weighted by Crippen LogP contribution is -2.38. The molecule has 100 valence electrons. The van der Waals surface area contributed by atoms with Crippen LogP contribution in [0.5, 0.6) is 6.01 Å². The Kier molecular flexibility index (Phi) is 2.52. The molecule has 4 nitrogen and oxygen atoms in total. The van der Waals surface area contributed by atoms with E-state index in [1.807, 2.05) is 6.07 Å². The van der Waals surface area contributed by atoms with Crippen molar-refractivity contribution in [2.75, 3.05) is 7.11 Å². The highest BCUT2D eigenvalue weighted by Crippen LogP contribution is 2.38. The normalized spacial score (nSPS) is 29.8. The van der Waals surface area contributed by atoms with Crippen LogP contribution in [-0.2, 0) is 0 Å². The third-order valence-corrected chi connectivity index (χ3v) is 4.56. The molecule has 0 radical (unpaired) electrons. The second-order valence-electron chi connectivity index (χ2n) is 5.72. The summed E-state index contributed by atoms with van der Waals surface area (Å²) >= 11 is 0. The second kappa shape index (κ2) is 4.23. The molecule has 1 unspecified atom stereocenters. The van der Waals surface area contributed by atoms with Gasteiger partial charge in [0.1, 0.15) is 0 Å².